The topological polar surface area (TPSA) is 45.1 Å². The number of aromatic nitrogens is 2. The number of rotatable bonds is 4. The van der Waals surface area contributed by atoms with Crippen LogP contribution in [0.1, 0.15) is 29.8 Å². The minimum atomic E-state index is 0.435. The van der Waals surface area contributed by atoms with Crippen LogP contribution in [0, 0.1) is 13.8 Å². The smallest absolute Gasteiger partial charge is 0.171 e. The first kappa shape index (κ1) is 17.9. The van der Waals surface area contributed by atoms with Crippen molar-refractivity contribution in [3.8, 4) is 0 Å². The second-order valence-corrected chi connectivity index (χ2v) is 7.21. The van der Waals surface area contributed by atoms with E-state index in [0.717, 1.165) is 49.6 Å². The van der Waals surface area contributed by atoms with Gasteiger partial charge in [0.15, 0.2) is 5.11 Å². The Labute approximate surface area is 155 Å². The van der Waals surface area contributed by atoms with Crippen LogP contribution < -0.4 is 10.6 Å². The van der Waals surface area contributed by atoms with E-state index in [1.54, 1.807) is 0 Å². The monoisotopic (exact) mass is 357 g/mol. The quantitative estimate of drug-likeness (QED) is 0.824. The second kappa shape index (κ2) is 7.97. The van der Waals surface area contributed by atoms with Crippen LogP contribution in [0.2, 0.25) is 0 Å². The van der Waals surface area contributed by atoms with Crippen LogP contribution in [-0.4, -0.2) is 38.9 Å². The van der Waals surface area contributed by atoms with Gasteiger partial charge in [0.25, 0.3) is 0 Å². The van der Waals surface area contributed by atoms with Crippen LogP contribution in [0.3, 0.4) is 0 Å². The normalized spacial score (nSPS) is 16.0. The van der Waals surface area contributed by atoms with Crippen molar-refractivity contribution in [2.75, 3.05) is 18.4 Å². The van der Waals surface area contributed by atoms with Crippen molar-refractivity contribution in [1.29, 1.82) is 0 Å². The highest BCUT2D eigenvalue weighted by Crippen LogP contribution is 2.19. The van der Waals surface area contributed by atoms with Gasteiger partial charge >= 0.3 is 0 Å². The van der Waals surface area contributed by atoms with E-state index in [-0.39, 0.29) is 0 Å². The third-order valence-electron chi connectivity index (χ3n) is 4.92. The molecule has 0 spiro atoms. The molecule has 2 aromatic rings. The first-order valence-electron chi connectivity index (χ1n) is 8.87. The van der Waals surface area contributed by atoms with Crippen molar-refractivity contribution in [1.82, 2.24) is 20.0 Å². The number of benzene rings is 1. The molecule has 0 bridgehead atoms. The van der Waals surface area contributed by atoms with Gasteiger partial charge in [-0.15, -0.1) is 0 Å². The molecule has 1 fully saturated rings. The maximum absolute atomic E-state index is 5.51. The highest BCUT2D eigenvalue weighted by molar-refractivity contribution is 7.80. The summed E-state index contributed by atoms with van der Waals surface area (Å²) in [6, 6.07) is 11.1. The van der Waals surface area contributed by atoms with E-state index in [9.17, 15) is 0 Å². The van der Waals surface area contributed by atoms with Crippen LogP contribution in [-0.2, 0) is 13.6 Å². The summed E-state index contributed by atoms with van der Waals surface area (Å²) in [5.74, 6) is 0. The Balaban J connectivity index is 1.46. The highest BCUT2D eigenvalue weighted by Gasteiger charge is 2.20. The van der Waals surface area contributed by atoms with Crippen molar-refractivity contribution in [2.24, 2.45) is 7.05 Å². The molecule has 0 aliphatic carbocycles. The number of nitrogens with zero attached hydrogens (tertiary/aromatic N) is 3. The first-order valence-corrected chi connectivity index (χ1v) is 9.27. The summed E-state index contributed by atoms with van der Waals surface area (Å²) in [4.78, 5) is 2.51. The Morgan fingerprint density at radius 1 is 1.20 bits per heavy atom. The van der Waals surface area contributed by atoms with Gasteiger partial charge in [0, 0.05) is 32.7 Å². The Morgan fingerprint density at radius 2 is 1.88 bits per heavy atom. The van der Waals surface area contributed by atoms with Gasteiger partial charge in [0.1, 0.15) is 0 Å². The summed E-state index contributed by atoms with van der Waals surface area (Å²) in [6.07, 6.45) is 2.22. The maximum atomic E-state index is 5.51. The average molecular weight is 358 g/mol. The highest BCUT2D eigenvalue weighted by atomic mass is 32.1. The lowest BCUT2D eigenvalue weighted by molar-refractivity contribution is 0.199. The molecule has 0 saturated carbocycles. The van der Waals surface area contributed by atoms with E-state index in [0.29, 0.717) is 11.2 Å². The predicted molar refractivity (Wildman–Crippen MR) is 107 cm³/mol. The van der Waals surface area contributed by atoms with Crippen molar-refractivity contribution >= 4 is 23.0 Å². The van der Waals surface area contributed by atoms with Gasteiger partial charge in [-0.2, -0.15) is 5.10 Å². The number of thiocarbonyl (C=S) groups is 1. The molecule has 1 saturated heterocycles. The van der Waals surface area contributed by atoms with Gasteiger partial charge in [-0.1, -0.05) is 30.3 Å². The fourth-order valence-corrected chi connectivity index (χ4v) is 3.64. The minimum absolute atomic E-state index is 0.435. The Morgan fingerprint density at radius 3 is 2.48 bits per heavy atom. The zero-order valence-corrected chi connectivity index (χ0v) is 16.1. The lowest BCUT2D eigenvalue weighted by Crippen LogP contribution is -2.45. The molecule has 2 heterocycles. The molecular weight excluding hydrogens is 330 g/mol. The van der Waals surface area contributed by atoms with Gasteiger partial charge in [0.2, 0.25) is 0 Å². The molecule has 1 aromatic carbocycles. The fourth-order valence-electron chi connectivity index (χ4n) is 3.37. The van der Waals surface area contributed by atoms with Crippen molar-refractivity contribution in [3.05, 3.63) is 47.3 Å². The zero-order valence-electron chi connectivity index (χ0n) is 15.2. The number of aryl methyl sites for hydroxylation is 2. The number of likely N-dealkylation sites (tertiary alicyclic amines) is 1. The van der Waals surface area contributed by atoms with Gasteiger partial charge in [-0.05, 0) is 44.5 Å². The molecular formula is C19H27N5S. The fraction of sp³-hybridized carbons (Fsp3) is 0.474. The van der Waals surface area contributed by atoms with Crippen molar-refractivity contribution < 1.29 is 0 Å². The van der Waals surface area contributed by atoms with Crippen LogP contribution in [0.25, 0.3) is 0 Å². The predicted octanol–water partition coefficient (Wildman–Crippen LogP) is 2.99. The lowest BCUT2D eigenvalue weighted by Gasteiger charge is -2.33. The van der Waals surface area contributed by atoms with Crippen LogP contribution in [0.5, 0.6) is 0 Å². The summed E-state index contributed by atoms with van der Waals surface area (Å²) in [6.45, 7) is 7.28. The van der Waals surface area contributed by atoms with E-state index in [4.69, 9.17) is 12.2 Å². The number of nitrogens with one attached hydrogen (secondary N) is 2. The van der Waals surface area contributed by atoms with E-state index in [2.05, 4.69) is 51.0 Å². The third kappa shape index (κ3) is 4.58. The molecule has 2 N–H and O–H groups in total. The molecule has 1 aliphatic heterocycles. The molecule has 0 amide bonds. The average Bonchev–Trinajstić information content (AvgIpc) is 2.84. The summed E-state index contributed by atoms with van der Waals surface area (Å²) in [5, 5.41) is 11.9. The lowest BCUT2D eigenvalue weighted by atomic mass is 10.0. The number of hydrogen-bond acceptors (Lipinski definition) is 3. The van der Waals surface area contributed by atoms with Crippen molar-refractivity contribution in [2.45, 2.75) is 39.3 Å². The second-order valence-electron chi connectivity index (χ2n) is 6.80. The maximum Gasteiger partial charge on any atom is 0.171 e. The molecule has 1 aromatic heterocycles. The molecule has 134 valence electrons. The SMILES string of the molecule is Cc1nn(C)c(C)c1NC(=S)NC1CCN(Cc2ccccc2)CC1. The summed E-state index contributed by atoms with van der Waals surface area (Å²) < 4.78 is 1.88. The van der Waals surface area contributed by atoms with E-state index < -0.39 is 0 Å². The molecule has 0 unspecified atom stereocenters. The Kier molecular flexibility index (Phi) is 5.71. The van der Waals surface area contributed by atoms with Crippen molar-refractivity contribution in [3.63, 3.8) is 0 Å². The minimum Gasteiger partial charge on any atom is -0.360 e. The van der Waals surface area contributed by atoms with Crippen LogP contribution in [0.15, 0.2) is 30.3 Å². The summed E-state index contributed by atoms with van der Waals surface area (Å²) in [7, 11) is 1.95. The van der Waals surface area contributed by atoms with Gasteiger partial charge in [0.05, 0.1) is 17.1 Å². The van der Waals surface area contributed by atoms with Gasteiger partial charge in [-0.3, -0.25) is 9.58 Å². The summed E-state index contributed by atoms with van der Waals surface area (Å²) in [5.41, 5.74) is 4.47. The summed E-state index contributed by atoms with van der Waals surface area (Å²) >= 11 is 5.51. The molecule has 6 heteroatoms. The number of piperidine rings is 1. The van der Waals surface area contributed by atoms with Gasteiger partial charge < -0.3 is 10.6 Å². The third-order valence-corrected chi connectivity index (χ3v) is 5.14. The van der Waals surface area contributed by atoms with Crippen LogP contribution >= 0.6 is 12.2 Å². The molecule has 0 radical (unpaired) electrons. The van der Waals surface area contributed by atoms with Gasteiger partial charge in [-0.25, -0.2) is 0 Å². The van der Waals surface area contributed by atoms with E-state index in [1.807, 2.05) is 25.6 Å². The standard InChI is InChI=1S/C19H27N5S/c1-14-18(15(2)23(3)22-14)21-19(25)20-17-9-11-24(12-10-17)13-16-7-5-4-6-8-16/h4-8,17H,9-13H2,1-3H3,(H2,20,21,25). The molecule has 0 atom stereocenters. The molecule has 3 rings (SSSR count). The molecule has 25 heavy (non-hydrogen) atoms. The molecule has 1 aliphatic rings. The molecule has 5 nitrogen and oxygen atoms in total. The number of hydrogen-bond donors (Lipinski definition) is 2. The largest absolute Gasteiger partial charge is 0.360 e. The Hall–Kier alpha value is -1.92. The van der Waals surface area contributed by atoms with Crippen LogP contribution in [0.4, 0.5) is 5.69 Å². The van der Waals surface area contributed by atoms with E-state index >= 15 is 0 Å². The Bertz CT molecular complexity index is 717. The first-order chi connectivity index (χ1) is 12.0. The zero-order chi connectivity index (χ0) is 17.8. The number of anilines is 1. The van der Waals surface area contributed by atoms with E-state index in [1.165, 1.54) is 5.56 Å².